The molecule has 0 saturated carbocycles. The monoisotopic (exact) mass is 436 g/mol. The molecule has 7 heteroatoms. The molecule has 2 N–H and O–H groups in total. The Labute approximate surface area is 184 Å². The number of nitrogens with zero attached hydrogens (tertiary/aromatic N) is 3. The molecule has 1 aliphatic carbocycles. The zero-order chi connectivity index (χ0) is 20.7. The minimum absolute atomic E-state index is 0.0263. The molecular weight excluding hydrogens is 412 g/mol. The van der Waals surface area contributed by atoms with Crippen molar-refractivity contribution < 1.29 is 5.11 Å². The zero-order valence-electron chi connectivity index (χ0n) is 17.1. The predicted molar refractivity (Wildman–Crippen MR) is 127 cm³/mol. The Kier molecular flexibility index (Phi) is 5.35. The predicted octanol–water partition coefficient (Wildman–Crippen LogP) is 5.30. The summed E-state index contributed by atoms with van der Waals surface area (Å²) in [6, 6.07) is 10.5. The van der Waals surface area contributed by atoms with Crippen LogP contribution in [0.2, 0.25) is 0 Å². The van der Waals surface area contributed by atoms with Crippen LogP contribution in [-0.4, -0.2) is 39.0 Å². The van der Waals surface area contributed by atoms with E-state index in [4.69, 9.17) is 15.0 Å². The average molecular weight is 437 g/mol. The van der Waals surface area contributed by atoms with Crippen molar-refractivity contribution in [1.82, 2.24) is 15.0 Å². The van der Waals surface area contributed by atoms with Crippen LogP contribution in [0.1, 0.15) is 30.9 Å². The normalized spacial score (nSPS) is 14.4. The Hall–Kier alpha value is -2.22. The van der Waals surface area contributed by atoms with Gasteiger partial charge in [-0.15, -0.1) is 11.3 Å². The number of benzene rings is 1. The van der Waals surface area contributed by atoms with Crippen molar-refractivity contribution >= 4 is 49.3 Å². The van der Waals surface area contributed by atoms with Gasteiger partial charge in [-0.3, -0.25) is 0 Å². The van der Waals surface area contributed by atoms with Gasteiger partial charge >= 0.3 is 0 Å². The Balaban J connectivity index is 1.79. The van der Waals surface area contributed by atoms with E-state index in [2.05, 4.69) is 36.5 Å². The van der Waals surface area contributed by atoms with E-state index in [1.807, 2.05) is 12.3 Å². The van der Waals surface area contributed by atoms with Gasteiger partial charge in [-0.2, -0.15) is 0 Å². The molecule has 5 rings (SSSR count). The topological polar surface area (TPSA) is 70.9 Å². The highest BCUT2D eigenvalue weighted by molar-refractivity contribution is 7.98. The maximum Gasteiger partial charge on any atom is 0.189 e. The van der Waals surface area contributed by atoms with E-state index < -0.39 is 0 Å². The summed E-state index contributed by atoms with van der Waals surface area (Å²) in [7, 11) is 0. The van der Waals surface area contributed by atoms with Gasteiger partial charge in [0, 0.05) is 10.9 Å². The van der Waals surface area contributed by atoms with Gasteiger partial charge in [0.2, 0.25) is 0 Å². The Bertz CT molecular complexity index is 1220. The van der Waals surface area contributed by atoms with E-state index in [1.54, 1.807) is 23.1 Å². The lowest BCUT2D eigenvalue weighted by molar-refractivity contribution is 0.271. The number of fused-ring (bicyclic) bond motifs is 5. The highest BCUT2D eigenvalue weighted by Crippen LogP contribution is 2.44. The van der Waals surface area contributed by atoms with E-state index in [1.165, 1.54) is 22.1 Å². The summed E-state index contributed by atoms with van der Waals surface area (Å²) in [4.78, 5) is 15.8. The van der Waals surface area contributed by atoms with Gasteiger partial charge in [0.15, 0.2) is 5.16 Å². The summed E-state index contributed by atoms with van der Waals surface area (Å²) in [5.41, 5.74) is 6.05. The first-order valence-corrected chi connectivity index (χ1v) is 12.4. The van der Waals surface area contributed by atoms with Crippen molar-refractivity contribution in [2.45, 2.75) is 43.8 Å². The number of hydrogen-bond donors (Lipinski definition) is 2. The largest absolute Gasteiger partial charge is 0.394 e. The average Bonchev–Trinajstić information content (AvgIpc) is 3.41. The lowest BCUT2D eigenvalue weighted by Crippen LogP contribution is -2.23. The summed E-state index contributed by atoms with van der Waals surface area (Å²) in [6.45, 7) is 2.14. The van der Waals surface area contributed by atoms with Crippen LogP contribution in [-0.2, 0) is 12.8 Å². The number of pyridine rings is 1. The number of aryl methyl sites for hydroxylation is 1. The summed E-state index contributed by atoms with van der Waals surface area (Å²) >= 11 is 3.20. The van der Waals surface area contributed by atoms with Gasteiger partial charge < -0.3 is 10.4 Å². The van der Waals surface area contributed by atoms with Gasteiger partial charge in [-0.25, -0.2) is 15.0 Å². The molecular formula is C23H24N4OS2. The summed E-state index contributed by atoms with van der Waals surface area (Å²) in [5, 5.41) is 15.1. The third kappa shape index (κ3) is 3.25. The fraction of sp³-hybridized carbons (Fsp3) is 0.348. The van der Waals surface area contributed by atoms with E-state index in [9.17, 15) is 5.11 Å². The number of aliphatic hydroxyl groups excluding tert-OH is 1. The van der Waals surface area contributed by atoms with E-state index in [0.29, 0.717) is 0 Å². The number of hydrogen-bond acceptors (Lipinski definition) is 7. The first-order chi connectivity index (χ1) is 14.7. The molecule has 0 saturated heterocycles. The summed E-state index contributed by atoms with van der Waals surface area (Å²) < 4.78 is 1.03. The van der Waals surface area contributed by atoms with Crippen LogP contribution >= 0.6 is 23.1 Å². The molecule has 1 unspecified atom stereocenters. The molecule has 0 bridgehead atoms. The molecule has 0 aliphatic heterocycles. The van der Waals surface area contributed by atoms with Crippen molar-refractivity contribution in [2.24, 2.45) is 0 Å². The third-order valence-electron chi connectivity index (χ3n) is 5.80. The van der Waals surface area contributed by atoms with Crippen LogP contribution in [0.3, 0.4) is 0 Å². The van der Waals surface area contributed by atoms with Crippen molar-refractivity contribution in [1.29, 1.82) is 0 Å². The molecule has 1 aliphatic rings. The Morgan fingerprint density at radius 1 is 1.13 bits per heavy atom. The van der Waals surface area contributed by atoms with Crippen molar-refractivity contribution in [3.63, 3.8) is 0 Å². The van der Waals surface area contributed by atoms with Crippen LogP contribution in [0, 0.1) is 0 Å². The maximum absolute atomic E-state index is 9.69. The quantitative estimate of drug-likeness (QED) is 0.316. The third-order valence-corrected chi connectivity index (χ3v) is 7.42. The Morgan fingerprint density at radius 3 is 2.67 bits per heavy atom. The van der Waals surface area contributed by atoms with Crippen molar-refractivity contribution in [3.8, 4) is 11.3 Å². The smallest absolute Gasteiger partial charge is 0.189 e. The maximum atomic E-state index is 9.69. The standard InChI is InChI=1S/C23H24N4OS2/c1-3-14(12-28)24-21-20-19(26-23(27-21)29-2)17-15-10-7-11-16(15)18(25-22(17)30-20)13-8-5-4-6-9-13/h4-6,8-9,14,28H,3,7,10-12H2,1-2H3,(H,24,26,27). The van der Waals surface area contributed by atoms with E-state index in [0.717, 1.165) is 57.4 Å². The lowest BCUT2D eigenvalue weighted by atomic mass is 10.0. The molecule has 3 heterocycles. The van der Waals surface area contributed by atoms with Crippen LogP contribution in [0.15, 0.2) is 35.5 Å². The number of aromatic nitrogens is 3. The first kappa shape index (κ1) is 19.7. The number of aliphatic hydroxyl groups is 1. The summed E-state index contributed by atoms with van der Waals surface area (Å²) in [6.07, 6.45) is 6.11. The van der Waals surface area contributed by atoms with Gasteiger partial charge in [-0.05, 0) is 43.1 Å². The van der Waals surface area contributed by atoms with Crippen LogP contribution in [0.5, 0.6) is 0 Å². The molecule has 0 amide bonds. The first-order valence-electron chi connectivity index (χ1n) is 10.4. The molecule has 1 aromatic carbocycles. The van der Waals surface area contributed by atoms with Crippen LogP contribution < -0.4 is 5.32 Å². The zero-order valence-corrected chi connectivity index (χ0v) is 18.7. The second kappa shape index (κ2) is 8.13. The minimum Gasteiger partial charge on any atom is -0.394 e. The molecule has 4 aromatic rings. The fourth-order valence-electron chi connectivity index (χ4n) is 4.24. The van der Waals surface area contributed by atoms with Crippen molar-refractivity contribution in [2.75, 3.05) is 18.2 Å². The van der Waals surface area contributed by atoms with Gasteiger partial charge in [0.05, 0.1) is 28.6 Å². The van der Waals surface area contributed by atoms with Crippen LogP contribution in [0.4, 0.5) is 5.82 Å². The number of nitrogens with one attached hydrogen (secondary N) is 1. The molecule has 0 fully saturated rings. The molecule has 0 spiro atoms. The summed E-state index contributed by atoms with van der Waals surface area (Å²) in [5.74, 6) is 0.807. The number of rotatable bonds is 6. The Morgan fingerprint density at radius 2 is 1.93 bits per heavy atom. The molecule has 0 radical (unpaired) electrons. The highest BCUT2D eigenvalue weighted by atomic mass is 32.2. The SMILES string of the molecule is CCC(CO)Nc1nc(SC)nc2c1sc1nc(-c3ccccc3)c3c(c12)CCC3. The van der Waals surface area contributed by atoms with Gasteiger partial charge in [-0.1, -0.05) is 49.0 Å². The second-order valence-electron chi connectivity index (χ2n) is 7.59. The number of thioether (sulfide) groups is 1. The second-order valence-corrected chi connectivity index (χ2v) is 9.36. The van der Waals surface area contributed by atoms with Crippen LogP contribution in [0.25, 0.3) is 31.7 Å². The molecule has 1 atom stereocenters. The number of thiophene rings is 1. The fourth-order valence-corrected chi connectivity index (χ4v) is 5.70. The lowest BCUT2D eigenvalue weighted by Gasteiger charge is -2.15. The van der Waals surface area contributed by atoms with Gasteiger partial charge in [0.1, 0.15) is 10.6 Å². The van der Waals surface area contributed by atoms with Gasteiger partial charge in [0.25, 0.3) is 0 Å². The highest BCUT2D eigenvalue weighted by Gasteiger charge is 2.25. The molecule has 30 heavy (non-hydrogen) atoms. The minimum atomic E-state index is -0.0263. The van der Waals surface area contributed by atoms with Crippen molar-refractivity contribution in [3.05, 3.63) is 41.5 Å². The molecule has 5 nitrogen and oxygen atoms in total. The number of anilines is 1. The molecule has 3 aromatic heterocycles. The van der Waals surface area contributed by atoms with E-state index in [-0.39, 0.29) is 12.6 Å². The molecule has 154 valence electrons. The van der Waals surface area contributed by atoms with E-state index >= 15 is 0 Å².